The van der Waals surface area contributed by atoms with Crippen LogP contribution in [0.5, 0.6) is 0 Å². The number of halogens is 3. The first-order chi connectivity index (χ1) is 4.61. The average molecular weight is 332 g/mol. The van der Waals surface area contributed by atoms with Crippen LogP contribution in [0.3, 0.4) is 0 Å². The van der Waals surface area contributed by atoms with Gasteiger partial charge in [0.25, 0.3) is 0 Å². The van der Waals surface area contributed by atoms with E-state index in [4.69, 9.17) is 17.3 Å². The van der Waals surface area contributed by atoms with E-state index in [9.17, 15) is 0 Å². The molecule has 0 aliphatic heterocycles. The van der Waals surface area contributed by atoms with Crippen molar-refractivity contribution >= 4 is 55.8 Å². The van der Waals surface area contributed by atoms with E-state index >= 15 is 0 Å². The topological polar surface area (TPSA) is 26.0 Å². The maximum atomic E-state index is 5.76. The van der Waals surface area contributed by atoms with Crippen LogP contribution in [0.4, 0.5) is 5.69 Å². The molecule has 0 aliphatic rings. The lowest BCUT2D eigenvalue weighted by molar-refractivity contribution is 1.58. The minimum absolute atomic E-state index is 0.596. The molecule has 54 valence electrons. The van der Waals surface area contributed by atoms with Crippen molar-refractivity contribution in [2.45, 2.75) is 0 Å². The van der Waals surface area contributed by atoms with Crippen molar-refractivity contribution in [1.29, 1.82) is 0 Å². The van der Waals surface area contributed by atoms with Gasteiger partial charge < -0.3 is 5.73 Å². The SMILES string of the molecule is Nc1c(Cl)cc(Br)cc1I. The van der Waals surface area contributed by atoms with Crippen LogP contribution >= 0.6 is 50.1 Å². The number of anilines is 1. The van der Waals surface area contributed by atoms with Gasteiger partial charge in [-0.25, -0.2) is 0 Å². The summed E-state index contributed by atoms with van der Waals surface area (Å²) in [5.74, 6) is 0. The molecule has 4 heteroatoms. The monoisotopic (exact) mass is 331 g/mol. The highest BCUT2D eigenvalue weighted by Crippen LogP contribution is 2.28. The average Bonchev–Trinajstić information content (AvgIpc) is 1.82. The van der Waals surface area contributed by atoms with E-state index in [1.54, 1.807) is 6.07 Å². The Morgan fingerprint density at radius 1 is 1.50 bits per heavy atom. The Morgan fingerprint density at radius 3 is 2.60 bits per heavy atom. The second kappa shape index (κ2) is 3.28. The first-order valence-corrected chi connectivity index (χ1v) is 4.76. The second-order valence-electron chi connectivity index (χ2n) is 1.78. The third kappa shape index (κ3) is 1.77. The first kappa shape index (κ1) is 8.62. The Bertz CT molecular complexity index is 241. The molecule has 2 N–H and O–H groups in total. The second-order valence-corrected chi connectivity index (χ2v) is 4.27. The molecule has 1 nitrogen and oxygen atoms in total. The molecular weight excluding hydrogens is 328 g/mol. The molecule has 0 atom stereocenters. The summed E-state index contributed by atoms with van der Waals surface area (Å²) in [4.78, 5) is 0. The Kier molecular flexibility index (Phi) is 2.82. The third-order valence-corrected chi connectivity index (χ3v) is 2.71. The molecule has 0 spiro atoms. The lowest BCUT2D eigenvalue weighted by Crippen LogP contribution is -1.89. The Balaban J connectivity index is 3.31. The zero-order chi connectivity index (χ0) is 7.72. The summed E-state index contributed by atoms with van der Waals surface area (Å²) < 4.78 is 1.92. The van der Waals surface area contributed by atoms with Gasteiger partial charge in [0.15, 0.2) is 0 Å². The molecule has 0 radical (unpaired) electrons. The normalized spacial score (nSPS) is 9.90. The smallest absolute Gasteiger partial charge is 0.0657 e. The van der Waals surface area contributed by atoms with Crippen molar-refractivity contribution < 1.29 is 0 Å². The van der Waals surface area contributed by atoms with Gasteiger partial charge >= 0.3 is 0 Å². The molecule has 0 bridgehead atoms. The summed E-state index contributed by atoms with van der Waals surface area (Å²) in [5, 5.41) is 0.596. The van der Waals surface area contributed by atoms with Gasteiger partial charge in [-0.3, -0.25) is 0 Å². The van der Waals surface area contributed by atoms with Crippen molar-refractivity contribution in [3.05, 3.63) is 25.2 Å². The molecule has 0 saturated heterocycles. The highest BCUT2D eigenvalue weighted by molar-refractivity contribution is 14.1. The van der Waals surface area contributed by atoms with Gasteiger partial charge in [0, 0.05) is 8.04 Å². The molecule has 1 aromatic carbocycles. The lowest BCUT2D eigenvalue weighted by Gasteiger charge is -2.00. The molecular formula is C6H4BrClIN. The van der Waals surface area contributed by atoms with Crippen LogP contribution in [-0.2, 0) is 0 Å². The van der Waals surface area contributed by atoms with E-state index in [1.165, 1.54) is 0 Å². The Morgan fingerprint density at radius 2 is 2.10 bits per heavy atom. The number of nitrogen functional groups attached to an aromatic ring is 1. The van der Waals surface area contributed by atoms with E-state index in [1.807, 2.05) is 6.07 Å². The van der Waals surface area contributed by atoms with Gasteiger partial charge in [0.2, 0.25) is 0 Å². The molecule has 0 aliphatic carbocycles. The first-order valence-electron chi connectivity index (χ1n) is 2.51. The molecule has 0 amide bonds. The largest absolute Gasteiger partial charge is 0.397 e. The Hall–Kier alpha value is 0.520. The van der Waals surface area contributed by atoms with Gasteiger partial charge in [-0.05, 0) is 34.7 Å². The molecule has 1 aromatic rings. The predicted octanol–water partition coefficient (Wildman–Crippen LogP) is 3.29. The standard InChI is InChI=1S/C6H4BrClIN/c7-3-1-4(8)6(10)5(9)2-3/h1-2H,10H2. The number of hydrogen-bond donors (Lipinski definition) is 1. The highest BCUT2D eigenvalue weighted by atomic mass is 127. The summed E-state index contributed by atoms with van der Waals surface area (Å²) in [5.41, 5.74) is 6.23. The van der Waals surface area contributed by atoms with Gasteiger partial charge in [-0.1, -0.05) is 27.5 Å². The van der Waals surface area contributed by atoms with Gasteiger partial charge in [-0.2, -0.15) is 0 Å². The van der Waals surface area contributed by atoms with Crippen molar-refractivity contribution in [1.82, 2.24) is 0 Å². The third-order valence-electron chi connectivity index (χ3n) is 1.04. The van der Waals surface area contributed by atoms with Crippen LogP contribution in [0.2, 0.25) is 5.02 Å². The zero-order valence-electron chi connectivity index (χ0n) is 4.87. The fourth-order valence-corrected chi connectivity index (χ4v) is 2.58. The fraction of sp³-hybridized carbons (Fsp3) is 0. The van der Waals surface area contributed by atoms with Crippen LogP contribution in [0.1, 0.15) is 0 Å². The quantitative estimate of drug-likeness (QED) is 0.573. The maximum Gasteiger partial charge on any atom is 0.0657 e. The van der Waals surface area contributed by atoms with Crippen LogP contribution in [0.15, 0.2) is 16.6 Å². The fourth-order valence-electron chi connectivity index (χ4n) is 0.553. The summed E-state index contributed by atoms with van der Waals surface area (Å²) in [6.07, 6.45) is 0. The van der Waals surface area contributed by atoms with Crippen molar-refractivity contribution in [3.63, 3.8) is 0 Å². The van der Waals surface area contributed by atoms with E-state index < -0.39 is 0 Å². The molecule has 0 aromatic heterocycles. The van der Waals surface area contributed by atoms with Gasteiger partial charge in [0.1, 0.15) is 0 Å². The van der Waals surface area contributed by atoms with Crippen LogP contribution in [0.25, 0.3) is 0 Å². The summed E-state index contributed by atoms with van der Waals surface area (Å²) in [7, 11) is 0. The minimum Gasteiger partial charge on any atom is -0.397 e. The number of nitrogens with two attached hydrogens (primary N) is 1. The molecule has 0 heterocycles. The van der Waals surface area contributed by atoms with E-state index in [2.05, 4.69) is 38.5 Å². The highest BCUT2D eigenvalue weighted by Gasteiger charge is 2.01. The number of hydrogen-bond acceptors (Lipinski definition) is 1. The van der Waals surface area contributed by atoms with E-state index in [0.717, 1.165) is 8.04 Å². The lowest BCUT2D eigenvalue weighted by atomic mass is 10.3. The molecule has 10 heavy (non-hydrogen) atoms. The molecule has 0 unspecified atom stereocenters. The van der Waals surface area contributed by atoms with Crippen LogP contribution in [0, 0.1) is 3.57 Å². The van der Waals surface area contributed by atoms with Crippen LogP contribution in [-0.4, -0.2) is 0 Å². The maximum absolute atomic E-state index is 5.76. The number of rotatable bonds is 0. The summed E-state index contributed by atoms with van der Waals surface area (Å²) in [6.45, 7) is 0. The van der Waals surface area contributed by atoms with E-state index in [-0.39, 0.29) is 0 Å². The van der Waals surface area contributed by atoms with Crippen molar-refractivity contribution in [2.24, 2.45) is 0 Å². The summed E-state index contributed by atoms with van der Waals surface area (Å²) in [6, 6.07) is 3.70. The molecule has 1 rings (SSSR count). The summed E-state index contributed by atoms with van der Waals surface area (Å²) >= 11 is 11.2. The van der Waals surface area contributed by atoms with Gasteiger partial charge in [0.05, 0.1) is 10.7 Å². The van der Waals surface area contributed by atoms with Crippen molar-refractivity contribution in [2.75, 3.05) is 5.73 Å². The van der Waals surface area contributed by atoms with E-state index in [0.29, 0.717) is 10.7 Å². The van der Waals surface area contributed by atoms with Crippen molar-refractivity contribution in [3.8, 4) is 0 Å². The molecule has 0 fully saturated rings. The molecule has 0 saturated carbocycles. The van der Waals surface area contributed by atoms with Crippen LogP contribution < -0.4 is 5.73 Å². The zero-order valence-corrected chi connectivity index (χ0v) is 9.37. The minimum atomic E-state index is 0.596. The predicted molar refractivity (Wildman–Crippen MR) is 56.3 cm³/mol. The Labute approximate surface area is 86.2 Å². The van der Waals surface area contributed by atoms with Gasteiger partial charge in [-0.15, -0.1) is 0 Å². The number of benzene rings is 1.